The molecular weight excluding hydrogens is 424 g/mol. The van der Waals surface area contributed by atoms with Crippen molar-refractivity contribution in [1.29, 1.82) is 0 Å². The fourth-order valence-electron chi connectivity index (χ4n) is 2.93. The lowest BCUT2D eigenvalue weighted by molar-refractivity contribution is -0.127. The van der Waals surface area contributed by atoms with Crippen LogP contribution in [0.25, 0.3) is 0 Å². The average molecular weight is 469 g/mol. The molecule has 3 atom stereocenters. The fourth-order valence-corrected chi connectivity index (χ4v) is 4.26. The molecule has 1 N–H and O–H groups in total. The van der Waals surface area contributed by atoms with Crippen molar-refractivity contribution >= 4 is 14.1 Å². The number of carbonyl (C=O) groups is 1. The SMILES string of the molecule is COc1ccc(COC[C@H](O[Si](C)(C)C(C)(C)C)[C@H](CC(=O)C[C@H](O)C(C)C)OC)cc1. The third-order valence-electron chi connectivity index (χ3n) is 6.31. The van der Waals surface area contributed by atoms with Gasteiger partial charge >= 0.3 is 0 Å². The summed E-state index contributed by atoms with van der Waals surface area (Å²) >= 11 is 0. The Morgan fingerprint density at radius 2 is 1.62 bits per heavy atom. The Hall–Kier alpha value is -1.25. The first kappa shape index (κ1) is 28.8. The first-order valence-electron chi connectivity index (χ1n) is 11.4. The molecule has 0 amide bonds. The van der Waals surface area contributed by atoms with Crippen LogP contribution in [0.5, 0.6) is 5.75 Å². The highest BCUT2D eigenvalue weighted by Gasteiger charge is 2.41. The van der Waals surface area contributed by atoms with Crippen molar-refractivity contribution in [3.05, 3.63) is 29.8 Å². The van der Waals surface area contributed by atoms with Gasteiger partial charge in [0.05, 0.1) is 38.6 Å². The van der Waals surface area contributed by atoms with Crippen molar-refractivity contribution in [1.82, 2.24) is 0 Å². The highest BCUT2D eigenvalue weighted by molar-refractivity contribution is 6.74. The molecule has 0 aliphatic carbocycles. The number of benzene rings is 1. The van der Waals surface area contributed by atoms with Gasteiger partial charge in [-0.3, -0.25) is 4.79 Å². The second kappa shape index (κ2) is 12.8. The molecule has 1 rings (SSSR count). The highest BCUT2D eigenvalue weighted by atomic mass is 28.4. The van der Waals surface area contributed by atoms with Crippen LogP contribution in [-0.2, 0) is 25.3 Å². The zero-order valence-electron chi connectivity index (χ0n) is 21.4. The molecule has 1 aromatic carbocycles. The van der Waals surface area contributed by atoms with Crippen molar-refractivity contribution in [2.24, 2.45) is 5.92 Å². The first-order chi connectivity index (χ1) is 14.8. The van der Waals surface area contributed by atoms with Gasteiger partial charge in [-0.15, -0.1) is 0 Å². The molecule has 0 aliphatic heterocycles. The summed E-state index contributed by atoms with van der Waals surface area (Å²) in [4.78, 5) is 12.6. The molecule has 6 nitrogen and oxygen atoms in total. The molecule has 7 heteroatoms. The number of methoxy groups -OCH3 is 2. The molecule has 0 fully saturated rings. The van der Waals surface area contributed by atoms with Crippen LogP contribution in [0.3, 0.4) is 0 Å². The number of ether oxygens (including phenoxy) is 3. The van der Waals surface area contributed by atoms with Gasteiger partial charge in [-0.2, -0.15) is 0 Å². The highest BCUT2D eigenvalue weighted by Crippen LogP contribution is 2.38. The molecule has 0 aromatic heterocycles. The zero-order valence-corrected chi connectivity index (χ0v) is 22.4. The van der Waals surface area contributed by atoms with Crippen LogP contribution in [0.15, 0.2) is 24.3 Å². The Balaban J connectivity index is 2.89. The molecule has 0 bridgehead atoms. The summed E-state index contributed by atoms with van der Waals surface area (Å²) in [6, 6.07) is 7.73. The predicted molar refractivity (Wildman–Crippen MR) is 131 cm³/mol. The number of aliphatic hydroxyl groups excluding tert-OH is 1. The van der Waals surface area contributed by atoms with Crippen LogP contribution in [0.2, 0.25) is 18.1 Å². The van der Waals surface area contributed by atoms with Crippen molar-refractivity contribution < 1.29 is 28.5 Å². The Bertz CT molecular complexity index is 681. The minimum absolute atomic E-state index is 0.0113. The summed E-state index contributed by atoms with van der Waals surface area (Å²) in [7, 11) is 1.11. The molecular formula is C25H44O6Si. The maximum absolute atomic E-state index is 12.6. The molecule has 184 valence electrons. The summed E-state index contributed by atoms with van der Waals surface area (Å²) < 4.78 is 23.6. The fraction of sp³-hybridized carbons (Fsp3) is 0.720. The number of hydrogen-bond acceptors (Lipinski definition) is 6. The topological polar surface area (TPSA) is 74.2 Å². The molecule has 0 aliphatic rings. The molecule has 0 heterocycles. The standard InChI is InChI=1S/C25H44O6Si/c1-18(2)22(27)14-20(26)15-23(29-7)24(31-32(8,9)25(3,4)5)17-30-16-19-10-12-21(28-6)13-11-19/h10-13,18,22-24,27H,14-17H2,1-9H3/t22-,23-,24-/m0/s1. The van der Waals surface area contributed by atoms with E-state index in [2.05, 4.69) is 33.9 Å². The van der Waals surface area contributed by atoms with Gasteiger partial charge in [0.1, 0.15) is 11.5 Å². The third-order valence-corrected chi connectivity index (χ3v) is 10.8. The number of Topliss-reactive ketones (excluding diaryl/α,β-unsaturated/α-hetero) is 1. The van der Waals surface area contributed by atoms with E-state index in [-0.39, 0.29) is 35.7 Å². The average Bonchev–Trinajstić information content (AvgIpc) is 2.70. The summed E-state index contributed by atoms with van der Waals surface area (Å²) in [5, 5.41) is 10.1. The van der Waals surface area contributed by atoms with Crippen molar-refractivity contribution in [2.45, 2.75) is 90.5 Å². The van der Waals surface area contributed by atoms with Crippen molar-refractivity contribution in [3.63, 3.8) is 0 Å². The van der Waals surface area contributed by atoms with Gasteiger partial charge in [-0.1, -0.05) is 46.8 Å². The molecule has 0 saturated heterocycles. The Kier molecular flexibility index (Phi) is 11.6. The van der Waals surface area contributed by atoms with Crippen LogP contribution in [0.1, 0.15) is 53.0 Å². The van der Waals surface area contributed by atoms with Crippen LogP contribution >= 0.6 is 0 Å². The third kappa shape index (κ3) is 9.31. The molecule has 0 radical (unpaired) electrons. The summed E-state index contributed by atoms with van der Waals surface area (Å²) in [6.07, 6.45) is -1.15. The van der Waals surface area contributed by atoms with Crippen LogP contribution in [0, 0.1) is 5.92 Å². The predicted octanol–water partition coefficient (Wildman–Crippen LogP) is 4.98. The number of aliphatic hydroxyl groups is 1. The maximum Gasteiger partial charge on any atom is 0.192 e. The van der Waals surface area contributed by atoms with Crippen LogP contribution < -0.4 is 4.74 Å². The van der Waals surface area contributed by atoms with E-state index < -0.39 is 20.5 Å². The van der Waals surface area contributed by atoms with E-state index in [4.69, 9.17) is 18.6 Å². The van der Waals surface area contributed by atoms with E-state index in [1.807, 2.05) is 38.1 Å². The van der Waals surface area contributed by atoms with E-state index in [1.165, 1.54) is 0 Å². The monoisotopic (exact) mass is 468 g/mol. The molecule has 0 saturated carbocycles. The molecule has 1 aromatic rings. The summed E-state index contributed by atoms with van der Waals surface area (Å²) in [5.74, 6) is 0.804. The van der Waals surface area contributed by atoms with Gasteiger partial charge in [-0.05, 0) is 41.7 Å². The molecule has 0 unspecified atom stereocenters. The van der Waals surface area contributed by atoms with Gasteiger partial charge < -0.3 is 23.7 Å². The lowest BCUT2D eigenvalue weighted by Gasteiger charge is -2.41. The molecule has 32 heavy (non-hydrogen) atoms. The number of hydrogen-bond donors (Lipinski definition) is 1. The zero-order chi connectivity index (χ0) is 24.5. The van der Waals surface area contributed by atoms with E-state index >= 15 is 0 Å². The van der Waals surface area contributed by atoms with Gasteiger partial charge in [0, 0.05) is 20.0 Å². The van der Waals surface area contributed by atoms with Gasteiger partial charge in [-0.25, -0.2) is 0 Å². The largest absolute Gasteiger partial charge is 0.497 e. The second-order valence-corrected chi connectivity index (χ2v) is 15.1. The minimum atomic E-state index is -2.13. The molecule has 0 spiro atoms. The van der Waals surface area contributed by atoms with Gasteiger partial charge in [0.25, 0.3) is 0 Å². The van der Waals surface area contributed by atoms with Crippen LogP contribution in [0.4, 0.5) is 0 Å². The number of ketones is 1. The minimum Gasteiger partial charge on any atom is -0.497 e. The van der Waals surface area contributed by atoms with Gasteiger partial charge in [0.15, 0.2) is 8.32 Å². The van der Waals surface area contributed by atoms with Crippen LogP contribution in [-0.4, -0.2) is 58.3 Å². The van der Waals surface area contributed by atoms with E-state index in [0.717, 1.165) is 11.3 Å². The first-order valence-corrected chi connectivity index (χ1v) is 14.3. The quantitative estimate of drug-likeness (QED) is 0.388. The van der Waals surface area contributed by atoms with Crippen molar-refractivity contribution in [2.75, 3.05) is 20.8 Å². The second-order valence-electron chi connectivity index (χ2n) is 10.3. The van der Waals surface area contributed by atoms with Crippen molar-refractivity contribution in [3.8, 4) is 5.75 Å². The Morgan fingerprint density at radius 1 is 1.03 bits per heavy atom. The maximum atomic E-state index is 12.6. The Labute approximate surface area is 195 Å². The lowest BCUT2D eigenvalue weighted by Crippen LogP contribution is -2.49. The lowest BCUT2D eigenvalue weighted by atomic mass is 9.98. The van der Waals surface area contributed by atoms with E-state index in [9.17, 15) is 9.90 Å². The summed E-state index contributed by atoms with van der Waals surface area (Å²) in [6.45, 7) is 15.5. The number of rotatable bonds is 14. The van der Waals surface area contributed by atoms with E-state index in [0.29, 0.717) is 13.2 Å². The number of carbonyl (C=O) groups excluding carboxylic acids is 1. The smallest absolute Gasteiger partial charge is 0.192 e. The normalized spacial score (nSPS) is 15.5. The van der Waals surface area contributed by atoms with E-state index in [1.54, 1.807) is 14.2 Å². The Morgan fingerprint density at radius 3 is 2.09 bits per heavy atom. The van der Waals surface area contributed by atoms with Gasteiger partial charge in [0.2, 0.25) is 0 Å². The summed E-state index contributed by atoms with van der Waals surface area (Å²) in [5.41, 5.74) is 1.03.